The SMILES string of the molecule is Cc1ccccc1OCCN(CCO)C1CCCC1. The summed E-state index contributed by atoms with van der Waals surface area (Å²) in [4.78, 5) is 2.38. The molecule has 0 atom stereocenters. The van der Waals surface area contributed by atoms with Gasteiger partial charge in [-0.25, -0.2) is 0 Å². The third kappa shape index (κ3) is 4.22. The Balaban J connectivity index is 1.80. The van der Waals surface area contributed by atoms with E-state index in [0.717, 1.165) is 18.8 Å². The van der Waals surface area contributed by atoms with E-state index in [4.69, 9.17) is 4.74 Å². The molecule has 3 heteroatoms. The molecule has 1 aromatic rings. The van der Waals surface area contributed by atoms with Crippen molar-refractivity contribution in [3.63, 3.8) is 0 Å². The average molecular weight is 263 g/mol. The van der Waals surface area contributed by atoms with Gasteiger partial charge in [-0.3, -0.25) is 4.90 Å². The van der Waals surface area contributed by atoms with E-state index < -0.39 is 0 Å². The number of aliphatic hydroxyl groups excluding tert-OH is 1. The minimum absolute atomic E-state index is 0.237. The number of nitrogens with zero attached hydrogens (tertiary/aromatic N) is 1. The van der Waals surface area contributed by atoms with Gasteiger partial charge in [-0.05, 0) is 31.4 Å². The molecule has 2 rings (SSSR count). The maximum Gasteiger partial charge on any atom is 0.122 e. The van der Waals surface area contributed by atoms with Crippen LogP contribution >= 0.6 is 0 Å². The van der Waals surface area contributed by atoms with Crippen LogP contribution in [0.15, 0.2) is 24.3 Å². The molecule has 0 radical (unpaired) electrons. The topological polar surface area (TPSA) is 32.7 Å². The molecular formula is C16H25NO2. The molecule has 1 aliphatic rings. The number of benzene rings is 1. The van der Waals surface area contributed by atoms with Crippen molar-refractivity contribution in [3.8, 4) is 5.75 Å². The molecule has 0 heterocycles. The van der Waals surface area contributed by atoms with E-state index in [1.807, 2.05) is 18.2 Å². The number of aliphatic hydroxyl groups is 1. The van der Waals surface area contributed by atoms with Gasteiger partial charge in [0.2, 0.25) is 0 Å². The van der Waals surface area contributed by atoms with Crippen LogP contribution in [0.5, 0.6) is 5.75 Å². The van der Waals surface area contributed by atoms with Crippen LogP contribution in [0.4, 0.5) is 0 Å². The van der Waals surface area contributed by atoms with Crippen molar-refractivity contribution in [1.82, 2.24) is 4.90 Å². The summed E-state index contributed by atoms with van der Waals surface area (Å²) in [6.07, 6.45) is 5.19. The van der Waals surface area contributed by atoms with E-state index >= 15 is 0 Å². The summed E-state index contributed by atoms with van der Waals surface area (Å²) in [5, 5.41) is 9.18. The molecule has 1 aliphatic carbocycles. The molecule has 1 N–H and O–H groups in total. The lowest BCUT2D eigenvalue weighted by atomic mass is 10.2. The van der Waals surface area contributed by atoms with Crippen molar-refractivity contribution < 1.29 is 9.84 Å². The fraction of sp³-hybridized carbons (Fsp3) is 0.625. The van der Waals surface area contributed by atoms with E-state index in [2.05, 4.69) is 17.9 Å². The molecule has 0 saturated heterocycles. The lowest BCUT2D eigenvalue weighted by Gasteiger charge is -2.28. The van der Waals surface area contributed by atoms with Crippen molar-refractivity contribution >= 4 is 0 Å². The van der Waals surface area contributed by atoms with Gasteiger partial charge in [-0.1, -0.05) is 31.0 Å². The number of ether oxygens (including phenoxy) is 1. The zero-order valence-corrected chi connectivity index (χ0v) is 11.8. The standard InChI is InChI=1S/C16H25NO2/c1-14-6-2-5-9-16(14)19-13-11-17(10-12-18)15-7-3-4-8-15/h2,5-6,9,15,18H,3-4,7-8,10-13H2,1H3. The molecule has 0 bridgehead atoms. The molecule has 19 heavy (non-hydrogen) atoms. The first-order chi connectivity index (χ1) is 9.31. The summed E-state index contributed by atoms with van der Waals surface area (Å²) in [5.41, 5.74) is 1.18. The first-order valence-electron chi connectivity index (χ1n) is 7.34. The number of hydrogen-bond donors (Lipinski definition) is 1. The normalized spacial score (nSPS) is 16.2. The van der Waals surface area contributed by atoms with Gasteiger partial charge in [0.1, 0.15) is 12.4 Å². The molecule has 1 aromatic carbocycles. The zero-order chi connectivity index (χ0) is 13.5. The molecule has 0 amide bonds. The van der Waals surface area contributed by atoms with Gasteiger partial charge < -0.3 is 9.84 Å². The first-order valence-corrected chi connectivity index (χ1v) is 7.34. The predicted octanol–water partition coefficient (Wildman–Crippen LogP) is 2.61. The highest BCUT2D eigenvalue weighted by atomic mass is 16.5. The Morgan fingerprint density at radius 2 is 1.95 bits per heavy atom. The lowest BCUT2D eigenvalue weighted by molar-refractivity contribution is 0.129. The highest BCUT2D eigenvalue weighted by molar-refractivity contribution is 5.31. The second kappa shape index (κ2) is 7.51. The molecule has 3 nitrogen and oxygen atoms in total. The van der Waals surface area contributed by atoms with Crippen LogP contribution < -0.4 is 4.74 Å². The summed E-state index contributed by atoms with van der Waals surface area (Å²) >= 11 is 0. The maximum absolute atomic E-state index is 9.18. The van der Waals surface area contributed by atoms with Crippen molar-refractivity contribution in [2.75, 3.05) is 26.3 Å². The Hall–Kier alpha value is -1.06. The number of hydrogen-bond acceptors (Lipinski definition) is 3. The van der Waals surface area contributed by atoms with Crippen LogP contribution in [0.2, 0.25) is 0 Å². The van der Waals surface area contributed by atoms with Gasteiger partial charge in [0.15, 0.2) is 0 Å². The third-order valence-corrected chi connectivity index (χ3v) is 3.96. The Labute approximate surface area is 116 Å². The van der Waals surface area contributed by atoms with Crippen molar-refractivity contribution in [2.45, 2.75) is 38.6 Å². The summed E-state index contributed by atoms with van der Waals surface area (Å²) < 4.78 is 5.85. The van der Waals surface area contributed by atoms with Gasteiger partial charge in [0.05, 0.1) is 6.61 Å². The Morgan fingerprint density at radius 3 is 2.63 bits per heavy atom. The maximum atomic E-state index is 9.18. The van der Waals surface area contributed by atoms with Crippen LogP contribution in [-0.2, 0) is 0 Å². The van der Waals surface area contributed by atoms with Crippen LogP contribution in [0.25, 0.3) is 0 Å². The monoisotopic (exact) mass is 263 g/mol. The number of para-hydroxylation sites is 1. The second-order valence-electron chi connectivity index (χ2n) is 5.31. The van der Waals surface area contributed by atoms with Crippen LogP contribution in [0, 0.1) is 6.92 Å². The lowest BCUT2D eigenvalue weighted by Crippen LogP contribution is -2.38. The van der Waals surface area contributed by atoms with Crippen molar-refractivity contribution in [1.29, 1.82) is 0 Å². The van der Waals surface area contributed by atoms with Gasteiger partial charge in [-0.15, -0.1) is 0 Å². The molecule has 1 saturated carbocycles. The van der Waals surface area contributed by atoms with E-state index in [1.165, 1.54) is 31.2 Å². The zero-order valence-electron chi connectivity index (χ0n) is 11.8. The largest absolute Gasteiger partial charge is 0.492 e. The van der Waals surface area contributed by atoms with Crippen LogP contribution in [0.3, 0.4) is 0 Å². The summed E-state index contributed by atoms with van der Waals surface area (Å²) in [7, 11) is 0. The molecule has 0 spiro atoms. The molecule has 106 valence electrons. The van der Waals surface area contributed by atoms with E-state index in [9.17, 15) is 5.11 Å². The average Bonchev–Trinajstić information content (AvgIpc) is 2.94. The van der Waals surface area contributed by atoms with Gasteiger partial charge in [0.25, 0.3) is 0 Å². The van der Waals surface area contributed by atoms with Gasteiger partial charge in [-0.2, -0.15) is 0 Å². The Bertz CT molecular complexity index is 375. The Morgan fingerprint density at radius 1 is 1.21 bits per heavy atom. The first kappa shape index (κ1) is 14.4. The van der Waals surface area contributed by atoms with Gasteiger partial charge in [0, 0.05) is 19.1 Å². The highest BCUT2D eigenvalue weighted by Crippen LogP contribution is 2.23. The fourth-order valence-electron chi connectivity index (χ4n) is 2.87. The molecule has 1 fully saturated rings. The minimum Gasteiger partial charge on any atom is -0.492 e. The fourth-order valence-corrected chi connectivity index (χ4v) is 2.87. The summed E-state index contributed by atoms with van der Waals surface area (Å²) in [6, 6.07) is 8.76. The molecule has 0 unspecified atom stereocenters. The van der Waals surface area contributed by atoms with E-state index in [1.54, 1.807) is 0 Å². The van der Waals surface area contributed by atoms with E-state index in [-0.39, 0.29) is 6.61 Å². The summed E-state index contributed by atoms with van der Waals surface area (Å²) in [6.45, 7) is 4.67. The number of rotatable bonds is 7. The molecular weight excluding hydrogens is 238 g/mol. The molecule has 0 aromatic heterocycles. The minimum atomic E-state index is 0.237. The quantitative estimate of drug-likeness (QED) is 0.821. The molecule has 0 aliphatic heterocycles. The smallest absolute Gasteiger partial charge is 0.122 e. The highest BCUT2D eigenvalue weighted by Gasteiger charge is 2.21. The third-order valence-electron chi connectivity index (χ3n) is 3.96. The van der Waals surface area contributed by atoms with Gasteiger partial charge >= 0.3 is 0 Å². The predicted molar refractivity (Wildman–Crippen MR) is 77.6 cm³/mol. The Kier molecular flexibility index (Phi) is 5.67. The van der Waals surface area contributed by atoms with Crippen molar-refractivity contribution in [3.05, 3.63) is 29.8 Å². The second-order valence-corrected chi connectivity index (χ2v) is 5.31. The van der Waals surface area contributed by atoms with Crippen molar-refractivity contribution in [2.24, 2.45) is 0 Å². The van der Waals surface area contributed by atoms with Crippen LogP contribution in [-0.4, -0.2) is 42.4 Å². The number of aryl methyl sites for hydroxylation is 1. The van der Waals surface area contributed by atoms with E-state index in [0.29, 0.717) is 12.6 Å². The summed E-state index contributed by atoms with van der Waals surface area (Å²) in [5.74, 6) is 0.970. The van der Waals surface area contributed by atoms with Crippen LogP contribution in [0.1, 0.15) is 31.2 Å².